The highest BCUT2D eigenvalue weighted by Gasteiger charge is 2.25. The Labute approximate surface area is 130 Å². The van der Waals surface area contributed by atoms with Gasteiger partial charge in [-0.1, -0.05) is 20.8 Å². The Bertz CT molecular complexity index is 438. The first-order valence-corrected chi connectivity index (χ1v) is 8.51. The highest BCUT2D eigenvalue weighted by atomic mass is 15.1. The van der Waals surface area contributed by atoms with Crippen LogP contribution in [-0.4, -0.2) is 24.6 Å². The number of nitrogens with one attached hydrogen (secondary N) is 1. The number of rotatable bonds is 9. The summed E-state index contributed by atoms with van der Waals surface area (Å²) in [5, 5.41) is 3.56. The van der Waals surface area contributed by atoms with Crippen LogP contribution in [0, 0.1) is 18.8 Å². The molecule has 21 heavy (non-hydrogen) atoms. The van der Waals surface area contributed by atoms with E-state index in [9.17, 15) is 0 Å². The minimum absolute atomic E-state index is 0.685. The third-order valence-electron chi connectivity index (χ3n) is 3.98. The molecule has 0 aliphatic heterocycles. The first kappa shape index (κ1) is 16.3. The lowest BCUT2D eigenvalue weighted by molar-refractivity contribution is 0.551. The van der Waals surface area contributed by atoms with E-state index < -0.39 is 0 Å². The summed E-state index contributed by atoms with van der Waals surface area (Å²) in [6.07, 6.45) is 6.08. The van der Waals surface area contributed by atoms with E-state index >= 15 is 0 Å². The molecule has 1 aliphatic carbocycles. The predicted octanol–water partition coefficient (Wildman–Crippen LogP) is 3.76. The average molecular weight is 289 g/mol. The van der Waals surface area contributed by atoms with Crippen molar-refractivity contribution < 1.29 is 0 Å². The smallest absolute Gasteiger partial charge is 0.0445 e. The van der Waals surface area contributed by atoms with Gasteiger partial charge in [-0.2, -0.15) is 0 Å². The first-order valence-electron chi connectivity index (χ1n) is 8.51. The van der Waals surface area contributed by atoms with Gasteiger partial charge in [0.05, 0.1) is 0 Å². The fraction of sp³-hybridized carbons (Fsp3) is 0.722. The molecule has 3 nitrogen and oxygen atoms in total. The van der Waals surface area contributed by atoms with Crippen molar-refractivity contribution in [3.63, 3.8) is 0 Å². The number of anilines is 1. The molecule has 1 aromatic rings. The monoisotopic (exact) mass is 289 g/mol. The van der Waals surface area contributed by atoms with Crippen LogP contribution in [0.15, 0.2) is 12.3 Å². The molecule has 1 saturated carbocycles. The Morgan fingerprint density at radius 3 is 2.76 bits per heavy atom. The zero-order chi connectivity index (χ0) is 15.2. The third kappa shape index (κ3) is 5.31. The number of aryl methyl sites for hydroxylation is 1. The van der Waals surface area contributed by atoms with E-state index in [-0.39, 0.29) is 0 Å². The molecule has 3 heteroatoms. The highest BCUT2D eigenvalue weighted by Crippen LogP contribution is 2.32. The van der Waals surface area contributed by atoms with Crippen LogP contribution in [0.5, 0.6) is 0 Å². The molecule has 118 valence electrons. The molecule has 0 spiro atoms. The van der Waals surface area contributed by atoms with Gasteiger partial charge in [-0.25, -0.2) is 0 Å². The summed E-state index contributed by atoms with van der Waals surface area (Å²) in [6, 6.07) is 2.27. The van der Waals surface area contributed by atoms with E-state index in [1.54, 1.807) is 0 Å². The second-order valence-corrected chi connectivity index (χ2v) is 6.87. The molecule has 0 saturated heterocycles. The van der Waals surface area contributed by atoms with Crippen LogP contribution in [0.4, 0.5) is 5.69 Å². The van der Waals surface area contributed by atoms with E-state index in [1.807, 2.05) is 0 Å². The van der Waals surface area contributed by atoms with Crippen molar-refractivity contribution in [1.29, 1.82) is 0 Å². The van der Waals surface area contributed by atoms with E-state index in [4.69, 9.17) is 0 Å². The second-order valence-electron chi connectivity index (χ2n) is 6.87. The minimum Gasteiger partial charge on any atom is -0.371 e. The molecule has 0 bridgehead atoms. The summed E-state index contributed by atoms with van der Waals surface area (Å²) in [4.78, 5) is 7.09. The molecule has 0 unspecified atom stereocenters. The molecule has 1 N–H and O–H groups in total. The third-order valence-corrected chi connectivity index (χ3v) is 3.98. The maximum atomic E-state index is 4.51. The van der Waals surface area contributed by atoms with Gasteiger partial charge in [0.1, 0.15) is 0 Å². The molecule has 0 atom stereocenters. The van der Waals surface area contributed by atoms with Crippen molar-refractivity contribution >= 4 is 5.69 Å². The number of hydrogen-bond acceptors (Lipinski definition) is 3. The first-order chi connectivity index (χ1) is 10.1. The number of pyridine rings is 1. The summed E-state index contributed by atoms with van der Waals surface area (Å²) >= 11 is 0. The lowest BCUT2D eigenvalue weighted by Crippen LogP contribution is -2.29. The molecule has 1 fully saturated rings. The Morgan fingerprint density at radius 2 is 2.14 bits per heavy atom. The molecule has 1 aliphatic rings. The molecule has 1 heterocycles. The maximum Gasteiger partial charge on any atom is 0.0445 e. The van der Waals surface area contributed by atoms with Gasteiger partial charge in [-0.05, 0) is 50.6 Å². The van der Waals surface area contributed by atoms with Crippen molar-refractivity contribution in [2.45, 2.75) is 53.5 Å². The van der Waals surface area contributed by atoms with Crippen molar-refractivity contribution in [2.24, 2.45) is 11.8 Å². The molecule has 2 rings (SSSR count). The van der Waals surface area contributed by atoms with Gasteiger partial charge in [-0.3, -0.25) is 4.98 Å². The predicted molar refractivity (Wildman–Crippen MR) is 90.7 cm³/mol. The summed E-state index contributed by atoms with van der Waals surface area (Å²) < 4.78 is 0. The Morgan fingerprint density at radius 1 is 1.38 bits per heavy atom. The van der Waals surface area contributed by atoms with Crippen LogP contribution in [0.2, 0.25) is 0 Å². The quantitative estimate of drug-likeness (QED) is 0.750. The molecule has 1 aromatic heterocycles. The molecular formula is C18H31N3. The van der Waals surface area contributed by atoms with Crippen LogP contribution in [0.1, 0.15) is 51.3 Å². The topological polar surface area (TPSA) is 28.2 Å². The van der Waals surface area contributed by atoms with Gasteiger partial charge < -0.3 is 10.2 Å². The second kappa shape index (κ2) is 7.79. The van der Waals surface area contributed by atoms with E-state index in [0.29, 0.717) is 5.92 Å². The van der Waals surface area contributed by atoms with Gasteiger partial charge in [0.2, 0.25) is 0 Å². The van der Waals surface area contributed by atoms with Crippen molar-refractivity contribution in [1.82, 2.24) is 10.3 Å². The van der Waals surface area contributed by atoms with Crippen LogP contribution in [-0.2, 0) is 6.54 Å². The Kier molecular flexibility index (Phi) is 6.04. The summed E-state index contributed by atoms with van der Waals surface area (Å²) in [5.41, 5.74) is 3.86. The van der Waals surface area contributed by atoms with E-state index in [2.05, 4.69) is 55.2 Å². The van der Waals surface area contributed by atoms with Crippen molar-refractivity contribution in [2.75, 3.05) is 24.5 Å². The number of hydrogen-bond donors (Lipinski definition) is 1. The Balaban J connectivity index is 2.10. The van der Waals surface area contributed by atoms with Gasteiger partial charge in [0.15, 0.2) is 0 Å². The zero-order valence-electron chi connectivity index (χ0n) is 14.2. The Hall–Kier alpha value is -1.09. The normalized spacial score (nSPS) is 14.7. The summed E-state index contributed by atoms with van der Waals surface area (Å²) in [7, 11) is 0. The average Bonchev–Trinajstić information content (AvgIpc) is 3.23. The lowest BCUT2D eigenvalue weighted by atomic mass is 10.1. The van der Waals surface area contributed by atoms with E-state index in [0.717, 1.165) is 31.2 Å². The minimum atomic E-state index is 0.685. The zero-order valence-corrected chi connectivity index (χ0v) is 14.2. The standard InChI is InChI=1S/C18H31N3/c1-5-8-21(13-16-6-7-16)18-9-15(4)20-12-17(18)11-19-10-14(2)3/h9,12,14,16,19H,5-8,10-11,13H2,1-4H3. The maximum absolute atomic E-state index is 4.51. The van der Waals surface area contributed by atoms with Crippen LogP contribution >= 0.6 is 0 Å². The fourth-order valence-electron chi connectivity index (χ4n) is 2.69. The van der Waals surface area contributed by atoms with Gasteiger partial charge in [0.25, 0.3) is 0 Å². The van der Waals surface area contributed by atoms with E-state index in [1.165, 1.54) is 37.1 Å². The largest absolute Gasteiger partial charge is 0.371 e. The van der Waals surface area contributed by atoms with Crippen molar-refractivity contribution in [3.8, 4) is 0 Å². The molecule has 0 aromatic carbocycles. The van der Waals surface area contributed by atoms with Gasteiger partial charge in [-0.15, -0.1) is 0 Å². The van der Waals surface area contributed by atoms with Crippen LogP contribution < -0.4 is 10.2 Å². The molecule has 0 amide bonds. The fourth-order valence-corrected chi connectivity index (χ4v) is 2.69. The molecular weight excluding hydrogens is 258 g/mol. The van der Waals surface area contributed by atoms with Crippen molar-refractivity contribution in [3.05, 3.63) is 23.5 Å². The van der Waals surface area contributed by atoms with Crippen LogP contribution in [0.25, 0.3) is 0 Å². The lowest BCUT2D eigenvalue weighted by Gasteiger charge is -2.27. The summed E-state index contributed by atoms with van der Waals surface area (Å²) in [5.74, 6) is 1.60. The highest BCUT2D eigenvalue weighted by molar-refractivity contribution is 5.53. The SMILES string of the molecule is CCCN(CC1CC1)c1cc(C)ncc1CNCC(C)C. The van der Waals surface area contributed by atoms with Crippen LogP contribution in [0.3, 0.4) is 0 Å². The number of aromatic nitrogens is 1. The van der Waals surface area contributed by atoms with Gasteiger partial charge >= 0.3 is 0 Å². The number of nitrogens with zero attached hydrogens (tertiary/aromatic N) is 2. The molecule has 0 radical (unpaired) electrons. The van der Waals surface area contributed by atoms with Gasteiger partial charge in [0, 0.05) is 42.8 Å². The summed E-state index contributed by atoms with van der Waals surface area (Å²) in [6.45, 7) is 13.2.